The number of aromatic amines is 1. The van der Waals surface area contributed by atoms with E-state index in [1.807, 2.05) is 24.4 Å². The fraction of sp³-hybridized carbons (Fsp3) is 0.474. The smallest absolute Gasteiger partial charge is 0.133 e. The van der Waals surface area contributed by atoms with Gasteiger partial charge in [-0.15, -0.1) is 0 Å². The number of ether oxygens (including phenoxy) is 1. The number of rotatable bonds is 5. The number of carbonyl (C=O) groups excluding carboxylic acids is 1. The molecule has 2 fully saturated rings. The maximum Gasteiger partial charge on any atom is 0.133 e. The van der Waals surface area contributed by atoms with Crippen molar-refractivity contribution in [3.8, 4) is 0 Å². The Bertz CT molecular complexity index is 755. The third-order valence-corrected chi connectivity index (χ3v) is 5.72. The van der Waals surface area contributed by atoms with Gasteiger partial charge in [0.2, 0.25) is 0 Å². The summed E-state index contributed by atoms with van der Waals surface area (Å²) in [6, 6.07) is 5.49. The second-order valence-corrected chi connectivity index (χ2v) is 7.72. The van der Waals surface area contributed by atoms with Crippen molar-refractivity contribution in [1.29, 1.82) is 0 Å². The van der Waals surface area contributed by atoms with Gasteiger partial charge in [0.05, 0.1) is 18.0 Å². The second kappa shape index (κ2) is 7.10. The van der Waals surface area contributed by atoms with Crippen LogP contribution in [0.5, 0.6) is 0 Å². The van der Waals surface area contributed by atoms with Gasteiger partial charge in [-0.05, 0) is 49.3 Å². The van der Waals surface area contributed by atoms with Gasteiger partial charge in [0.25, 0.3) is 0 Å². The molecule has 0 radical (unpaired) electrons. The van der Waals surface area contributed by atoms with Gasteiger partial charge in [-0.25, -0.2) is 0 Å². The Kier molecular flexibility index (Phi) is 4.85. The molecule has 2 aromatic rings. The van der Waals surface area contributed by atoms with Crippen LogP contribution in [0.15, 0.2) is 24.4 Å². The number of benzene rings is 1. The van der Waals surface area contributed by atoms with Gasteiger partial charge < -0.3 is 4.74 Å². The van der Waals surface area contributed by atoms with E-state index in [2.05, 4.69) is 10.2 Å². The zero-order chi connectivity index (χ0) is 17.4. The molecule has 132 valence electrons. The third kappa shape index (κ3) is 3.62. The second-order valence-electron chi connectivity index (χ2n) is 6.90. The van der Waals surface area contributed by atoms with Gasteiger partial charge >= 0.3 is 0 Å². The van der Waals surface area contributed by atoms with Crippen LogP contribution in [0.2, 0.25) is 10.0 Å². The molecule has 1 atom stereocenters. The number of hydrogen-bond donors (Lipinski definition) is 1. The zero-order valence-corrected chi connectivity index (χ0v) is 15.3. The van der Waals surface area contributed by atoms with E-state index in [1.54, 1.807) is 0 Å². The summed E-state index contributed by atoms with van der Waals surface area (Å²) in [7, 11) is 0. The van der Waals surface area contributed by atoms with Crippen LogP contribution in [0.4, 0.5) is 0 Å². The first-order chi connectivity index (χ1) is 12.1. The minimum atomic E-state index is -0.391. The van der Waals surface area contributed by atoms with E-state index in [9.17, 15) is 4.79 Å². The number of Topliss-reactive ketones (excluding diaryl/α,β-unsaturated/α-hetero) is 1. The van der Waals surface area contributed by atoms with E-state index in [1.165, 1.54) is 18.4 Å². The molecule has 1 aromatic carbocycles. The fourth-order valence-corrected chi connectivity index (χ4v) is 4.11. The van der Waals surface area contributed by atoms with Crippen molar-refractivity contribution >= 4 is 29.0 Å². The molecular weight excluding hydrogens is 359 g/mol. The number of carbonyl (C=O) groups is 1. The first-order valence-electron chi connectivity index (χ1n) is 8.77. The minimum absolute atomic E-state index is 0.0189. The third-order valence-electron chi connectivity index (χ3n) is 5.06. The van der Waals surface area contributed by atoms with E-state index in [0.717, 1.165) is 24.1 Å². The number of aromatic nitrogens is 2. The highest BCUT2D eigenvalue weighted by molar-refractivity contribution is 6.36. The normalized spacial score (nSPS) is 20.0. The van der Waals surface area contributed by atoms with Crippen LogP contribution in [0.25, 0.3) is 0 Å². The lowest BCUT2D eigenvalue weighted by Gasteiger charge is -2.28. The summed E-state index contributed by atoms with van der Waals surface area (Å²) >= 11 is 13.0. The highest BCUT2D eigenvalue weighted by Gasteiger charge is 2.34. The standard InChI is InChI=1S/C19H20Cl2N2O2/c20-15-2-1-3-16(21)17(15)19(25-13-8-6-12(24)7-9-13)18-14(10-22-23-18)11-4-5-11/h1-3,10-11,13,19H,4-9H2,(H,22,23). The monoisotopic (exact) mass is 378 g/mol. The highest BCUT2D eigenvalue weighted by atomic mass is 35.5. The summed E-state index contributed by atoms with van der Waals surface area (Å²) in [6.07, 6.45) is 6.49. The Hall–Kier alpha value is -1.36. The van der Waals surface area contributed by atoms with Crippen LogP contribution < -0.4 is 0 Å². The summed E-state index contributed by atoms with van der Waals surface area (Å²) in [4.78, 5) is 11.5. The molecule has 2 saturated carbocycles. The fourth-order valence-electron chi connectivity index (χ4n) is 3.52. The molecule has 4 rings (SSSR count). The molecule has 0 bridgehead atoms. The maximum absolute atomic E-state index is 11.5. The van der Waals surface area contributed by atoms with Crippen LogP contribution in [-0.4, -0.2) is 22.1 Å². The molecule has 4 nitrogen and oxygen atoms in total. The lowest BCUT2D eigenvalue weighted by atomic mass is 9.95. The molecule has 0 aliphatic heterocycles. The molecular formula is C19H20Cl2N2O2. The van der Waals surface area contributed by atoms with Gasteiger partial charge in [-0.2, -0.15) is 5.10 Å². The molecule has 1 unspecified atom stereocenters. The van der Waals surface area contributed by atoms with Crippen LogP contribution >= 0.6 is 23.2 Å². The van der Waals surface area contributed by atoms with Crippen LogP contribution in [-0.2, 0) is 9.53 Å². The van der Waals surface area contributed by atoms with Crippen molar-refractivity contribution < 1.29 is 9.53 Å². The Labute approximate surface area is 156 Å². The van der Waals surface area contributed by atoms with Gasteiger partial charge in [-0.1, -0.05) is 29.3 Å². The molecule has 0 saturated heterocycles. The van der Waals surface area contributed by atoms with Gasteiger partial charge in [-0.3, -0.25) is 9.89 Å². The summed E-state index contributed by atoms with van der Waals surface area (Å²) in [6.45, 7) is 0. The van der Waals surface area contributed by atoms with Gasteiger partial charge in [0.15, 0.2) is 0 Å². The summed E-state index contributed by atoms with van der Waals surface area (Å²) in [5.41, 5.74) is 2.90. The summed E-state index contributed by atoms with van der Waals surface area (Å²) < 4.78 is 6.46. The average Bonchev–Trinajstić information content (AvgIpc) is 3.33. The lowest BCUT2D eigenvalue weighted by molar-refractivity contribution is -0.123. The quantitative estimate of drug-likeness (QED) is 0.776. The van der Waals surface area contributed by atoms with Crippen molar-refractivity contribution in [1.82, 2.24) is 10.2 Å². The SMILES string of the molecule is O=C1CCC(OC(c2[nH]ncc2C2CC2)c2c(Cl)cccc2Cl)CC1. The van der Waals surface area contributed by atoms with Gasteiger partial charge in [0, 0.05) is 28.5 Å². The molecule has 1 heterocycles. The van der Waals surface area contributed by atoms with Crippen LogP contribution in [0.1, 0.15) is 67.4 Å². The molecule has 6 heteroatoms. The number of hydrogen-bond acceptors (Lipinski definition) is 3. The summed E-state index contributed by atoms with van der Waals surface area (Å²) in [5, 5.41) is 8.54. The van der Waals surface area contributed by atoms with Crippen molar-refractivity contribution in [3.63, 3.8) is 0 Å². The van der Waals surface area contributed by atoms with Crippen molar-refractivity contribution in [2.45, 2.75) is 56.7 Å². The Morgan fingerprint density at radius 3 is 2.44 bits per heavy atom. The van der Waals surface area contributed by atoms with E-state index in [4.69, 9.17) is 27.9 Å². The molecule has 0 amide bonds. The molecule has 25 heavy (non-hydrogen) atoms. The predicted octanol–water partition coefficient (Wildman–Crippen LogP) is 5.21. The van der Waals surface area contributed by atoms with Gasteiger partial charge in [0.1, 0.15) is 11.9 Å². The zero-order valence-electron chi connectivity index (χ0n) is 13.8. The molecule has 1 aromatic heterocycles. The number of nitrogens with zero attached hydrogens (tertiary/aromatic N) is 1. The molecule has 2 aliphatic rings. The molecule has 1 N–H and O–H groups in total. The minimum Gasteiger partial charge on any atom is -0.364 e. The number of ketones is 1. The topological polar surface area (TPSA) is 55.0 Å². The Morgan fingerprint density at radius 1 is 1.12 bits per heavy atom. The first kappa shape index (κ1) is 17.1. The van der Waals surface area contributed by atoms with Crippen molar-refractivity contribution in [2.24, 2.45) is 0 Å². The largest absolute Gasteiger partial charge is 0.364 e. The Balaban J connectivity index is 1.70. The first-order valence-corrected chi connectivity index (χ1v) is 9.53. The molecule has 2 aliphatic carbocycles. The van der Waals surface area contributed by atoms with E-state index in [-0.39, 0.29) is 6.10 Å². The summed E-state index contributed by atoms with van der Waals surface area (Å²) in [5.74, 6) is 0.849. The van der Waals surface area contributed by atoms with Crippen molar-refractivity contribution in [2.75, 3.05) is 0 Å². The lowest BCUT2D eigenvalue weighted by Crippen LogP contribution is -2.25. The van der Waals surface area contributed by atoms with Crippen LogP contribution in [0.3, 0.4) is 0 Å². The van der Waals surface area contributed by atoms with E-state index < -0.39 is 6.10 Å². The number of H-pyrrole nitrogens is 1. The van der Waals surface area contributed by atoms with Crippen LogP contribution in [0, 0.1) is 0 Å². The highest BCUT2D eigenvalue weighted by Crippen LogP contribution is 2.46. The predicted molar refractivity (Wildman–Crippen MR) is 97.2 cm³/mol. The molecule has 0 spiro atoms. The number of nitrogens with one attached hydrogen (secondary N) is 1. The van der Waals surface area contributed by atoms with E-state index >= 15 is 0 Å². The average molecular weight is 379 g/mol. The van der Waals surface area contributed by atoms with Crippen molar-refractivity contribution in [3.05, 3.63) is 51.3 Å². The Morgan fingerprint density at radius 2 is 1.80 bits per heavy atom. The maximum atomic E-state index is 11.5. The number of halogens is 2. The van der Waals surface area contributed by atoms with E-state index in [0.29, 0.717) is 34.6 Å².